The molecule has 4 heteroatoms. The maximum atomic E-state index is 6.05. The standard InChI is InChI=1S/C14H16N4/c1-9-6-14-17-4-5-18(14)8-12(9)11-3-2-10(15)7-13(11)16/h2-8,14,17H,15-16H2,1H3. The fourth-order valence-corrected chi connectivity index (χ4v) is 2.35. The van der Waals surface area contributed by atoms with Crippen LogP contribution >= 0.6 is 0 Å². The van der Waals surface area contributed by atoms with E-state index in [9.17, 15) is 0 Å². The fourth-order valence-electron chi connectivity index (χ4n) is 2.35. The summed E-state index contributed by atoms with van der Waals surface area (Å²) >= 11 is 0. The van der Waals surface area contributed by atoms with Gasteiger partial charge in [-0.05, 0) is 30.7 Å². The van der Waals surface area contributed by atoms with Gasteiger partial charge in [0.1, 0.15) is 6.17 Å². The number of hydrogen-bond acceptors (Lipinski definition) is 4. The number of rotatable bonds is 1. The van der Waals surface area contributed by atoms with Crippen molar-refractivity contribution in [2.75, 3.05) is 11.5 Å². The van der Waals surface area contributed by atoms with E-state index in [0.29, 0.717) is 11.4 Å². The zero-order chi connectivity index (χ0) is 12.7. The maximum absolute atomic E-state index is 6.05. The van der Waals surface area contributed by atoms with Crippen LogP contribution in [0.25, 0.3) is 5.57 Å². The molecule has 1 aromatic rings. The van der Waals surface area contributed by atoms with Crippen LogP contribution in [0.1, 0.15) is 12.5 Å². The molecule has 5 N–H and O–H groups in total. The van der Waals surface area contributed by atoms with E-state index in [4.69, 9.17) is 11.5 Å². The molecule has 1 atom stereocenters. The third-order valence-corrected chi connectivity index (χ3v) is 3.31. The molecule has 1 unspecified atom stereocenters. The van der Waals surface area contributed by atoms with E-state index >= 15 is 0 Å². The van der Waals surface area contributed by atoms with Crippen LogP contribution in [0.4, 0.5) is 11.4 Å². The summed E-state index contributed by atoms with van der Waals surface area (Å²) in [6.07, 6.45) is 8.48. The molecule has 0 saturated carbocycles. The van der Waals surface area contributed by atoms with Crippen molar-refractivity contribution in [3.63, 3.8) is 0 Å². The molecule has 0 amide bonds. The Hall–Kier alpha value is -2.36. The Morgan fingerprint density at radius 2 is 2.11 bits per heavy atom. The lowest BCUT2D eigenvalue weighted by molar-refractivity contribution is 0.426. The predicted octanol–water partition coefficient (Wildman–Crippen LogP) is 1.85. The van der Waals surface area contributed by atoms with E-state index in [1.54, 1.807) is 6.07 Å². The van der Waals surface area contributed by atoms with Gasteiger partial charge < -0.3 is 21.7 Å². The van der Waals surface area contributed by atoms with Crippen molar-refractivity contribution in [1.82, 2.24) is 10.2 Å². The monoisotopic (exact) mass is 240 g/mol. The van der Waals surface area contributed by atoms with Crippen molar-refractivity contribution in [2.24, 2.45) is 0 Å². The maximum Gasteiger partial charge on any atom is 0.122 e. The van der Waals surface area contributed by atoms with Crippen LogP contribution in [0, 0.1) is 0 Å². The van der Waals surface area contributed by atoms with Gasteiger partial charge in [0.25, 0.3) is 0 Å². The summed E-state index contributed by atoms with van der Waals surface area (Å²) in [7, 11) is 0. The van der Waals surface area contributed by atoms with Crippen LogP contribution in [-0.2, 0) is 0 Å². The minimum absolute atomic E-state index is 0.226. The predicted molar refractivity (Wildman–Crippen MR) is 74.9 cm³/mol. The molecule has 0 radical (unpaired) electrons. The van der Waals surface area contributed by atoms with Gasteiger partial charge in [0.2, 0.25) is 0 Å². The molecular formula is C14H16N4. The van der Waals surface area contributed by atoms with Gasteiger partial charge in [-0.1, -0.05) is 6.07 Å². The van der Waals surface area contributed by atoms with Gasteiger partial charge in [0, 0.05) is 41.1 Å². The number of nitrogens with one attached hydrogen (secondary N) is 1. The summed E-state index contributed by atoms with van der Waals surface area (Å²) in [4.78, 5) is 2.12. The third kappa shape index (κ3) is 1.62. The first kappa shape index (κ1) is 10.8. The summed E-state index contributed by atoms with van der Waals surface area (Å²) in [5.74, 6) is 0. The quantitative estimate of drug-likeness (QED) is 0.655. The molecule has 18 heavy (non-hydrogen) atoms. The summed E-state index contributed by atoms with van der Waals surface area (Å²) in [6, 6.07) is 5.65. The van der Waals surface area contributed by atoms with Gasteiger partial charge >= 0.3 is 0 Å². The molecule has 2 aliphatic rings. The Bertz CT molecular complexity index is 583. The van der Waals surface area contributed by atoms with Crippen LogP contribution in [0.3, 0.4) is 0 Å². The molecule has 92 valence electrons. The van der Waals surface area contributed by atoms with Crippen molar-refractivity contribution in [3.05, 3.63) is 54.0 Å². The average molecular weight is 240 g/mol. The van der Waals surface area contributed by atoms with Crippen molar-refractivity contribution >= 4 is 16.9 Å². The molecular weight excluding hydrogens is 224 g/mol. The molecule has 3 rings (SSSR count). The summed E-state index contributed by atoms with van der Waals surface area (Å²) in [6.45, 7) is 2.10. The second kappa shape index (κ2) is 3.84. The van der Waals surface area contributed by atoms with Crippen LogP contribution in [-0.4, -0.2) is 11.1 Å². The first-order valence-electron chi connectivity index (χ1n) is 5.91. The number of anilines is 2. The Balaban J connectivity index is 2.05. The van der Waals surface area contributed by atoms with Crippen LogP contribution in [0.2, 0.25) is 0 Å². The lowest BCUT2D eigenvalue weighted by Crippen LogP contribution is -2.32. The second-order valence-corrected chi connectivity index (χ2v) is 4.61. The van der Waals surface area contributed by atoms with Crippen molar-refractivity contribution in [1.29, 1.82) is 0 Å². The lowest BCUT2D eigenvalue weighted by atomic mass is 9.95. The summed E-state index contributed by atoms with van der Waals surface area (Å²) in [5, 5.41) is 3.26. The van der Waals surface area contributed by atoms with E-state index < -0.39 is 0 Å². The first-order valence-corrected chi connectivity index (χ1v) is 5.91. The topological polar surface area (TPSA) is 67.3 Å². The third-order valence-electron chi connectivity index (χ3n) is 3.31. The number of benzene rings is 1. The fraction of sp³-hybridized carbons (Fsp3) is 0.143. The number of nitrogen functional groups attached to an aromatic ring is 2. The molecule has 4 nitrogen and oxygen atoms in total. The molecule has 0 saturated heterocycles. The Kier molecular flexibility index (Phi) is 2.30. The highest BCUT2D eigenvalue weighted by Gasteiger charge is 2.22. The zero-order valence-corrected chi connectivity index (χ0v) is 10.2. The number of allylic oxidation sites excluding steroid dienone is 2. The zero-order valence-electron chi connectivity index (χ0n) is 10.2. The van der Waals surface area contributed by atoms with Gasteiger partial charge in [0.15, 0.2) is 0 Å². The normalized spacial score (nSPS) is 21.2. The number of nitrogens with two attached hydrogens (primary N) is 2. The van der Waals surface area contributed by atoms with Crippen molar-refractivity contribution in [2.45, 2.75) is 13.1 Å². The molecule has 0 spiro atoms. The molecule has 0 fully saturated rings. The minimum atomic E-state index is 0.226. The minimum Gasteiger partial charge on any atom is -0.399 e. The van der Waals surface area contributed by atoms with E-state index in [0.717, 1.165) is 11.1 Å². The Labute approximate surface area is 106 Å². The molecule has 2 heterocycles. The van der Waals surface area contributed by atoms with Gasteiger partial charge in [0.05, 0.1) is 0 Å². The molecule has 2 aliphatic heterocycles. The van der Waals surface area contributed by atoms with E-state index in [2.05, 4.69) is 29.4 Å². The largest absolute Gasteiger partial charge is 0.399 e. The second-order valence-electron chi connectivity index (χ2n) is 4.61. The van der Waals surface area contributed by atoms with Crippen LogP contribution in [0.5, 0.6) is 0 Å². The first-order chi connectivity index (χ1) is 8.65. The Morgan fingerprint density at radius 1 is 1.28 bits per heavy atom. The highest BCUT2D eigenvalue weighted by molar-refractivity contribution is 5.86. The van der Waals surface area contributed by atoms with Crippen molar-refractivity contribution in [3.8, 4) is 0 Å². The van der Waals surface area contributed by atoms with E-state index in [1.807, 2.05) is 24.5 Å². The highest BCUT2D eigenvalue weighted by Crippen LogP contribution is 2.33. The average Bonchev–Trinajstić information content (AvgIpc) is 2.75. The van der Waals surface area contributed by atoms with Crippen LogP contribution in [0.15, 0.2) is 48.4 Å². The van der Waals surface area contributed by atoms with Gasteiger partial charge in [-0.15, -0.1) is 0 Å². The number of fused-ring (bicyclic) bond motifs is 1. The number of nitrogens with zero attached hydrogens (tertiary/aromatic N) is 1. The van der Waals surface area contributed by atoms with Crippen molar-refractivity contribution < 1.29 is 0 Å². The van der Waals surface area contributed by atoms with Gasteiger partial charge in [-0.3, -0.25) is 0 Å². The molecule has 0 bridgehead atoms. The smallest absolute Gasteiger partial charge is 0.122 e. The number of hydrogen-bond donors (Lipinski definition) is 3. The summed E-state index contributed by atoms with van der Waals surface area (Å²) < 4.78 is 0. The SMILES string of the molecule is CC1=CC2NC=CN2C=C1c1ccc(N)cc1N. The summed E-state index contributed by atoms with van der Waals surface area (Å²) in [5.41, 5.74) is 16.6. The molecule has 1 aromatic carbocycles. The van der Waals surface area contributed by atoms with Crippen LogP contribution < -0.4 is 16.8 Å². The molecule has 0 aliphatic carbocycles. The lowest BCUT2D eigenvalue weighted by Gasteiger charge is -2.27. The van der Waals surface area contributed by atoms with Gasteiger partial charge in [-0.25, -0.2) is 0 Å². The Morgan fingerprint density at radius 3 is 2.89 bits per heavy atom. The van der Waals surface area contributed by atoms with E-state index in [-0.39, 0.29) is 6.17 Å². The van der Waals surface area contributed by atoms with Gasteiger partial charge in [-0.2, -0.15) is 0 Å². The highest BCUT2D eigenvalue weighted by atomic mass is 15.3. The molecule has 0 aromatic heterocycles. The van der Waals surface area contributed by atoms with E-state index in [1.165, 1.54) is 5.57 Å².